The molecule has 1 atom stereocenters. The van der Waals surface area contributed by atoms with Crippen LogP contribution in [0.2, 0.25) is 0 Å². The summed E-state index contributed by atoms with van der Waals surface area (Å²) in [4.78, 5) is 14.7. The fraction of sp³-hybridized carbons (Fsp3) is 0.500. The molecule has 3 rings (SSSR count). The Morgan fingerprint density at radius 3 is 2.39 bits per heavy atom. The molecule has 41 heavy (non-hydrogen) atoms. The summed E-state index contributed by atoms with van der Waals surface area (Å²) in [5, 5.41) is 0. The van der Waals surface area contributed by atoms with Gasteiger partial charge in [-0.15, -0.1) is 0 Å². The van der Waals surface area contributed by atoms with Gasteiger partial charge in [0.05, 0.1) is 5.71 Å². The molecule has 222 valence electrons. The second-order valence-corrected chi connectivity index (χ2v) is 12.4. The monoisotopic (exact) mass is 558 g/mol. The molecule has 1 aromatic heterocycles. The molecule has 1 heterocycles. The maximum atomic E-state index is 13.7. The molecule has 0 radical (unpaired) electrons. The molecule has 1 saturated carbocycles. The number of nitrogens with zero attached hydrogens (tertiary/aromatic N) is 4. The number of aliphatic imine (C=N–C) groups is 1. The van der Waals surface area contributed by atoms with E-state index in [0.717, 1.165) is 77.8 Å². The van der Waals surface area contributed by atoms with Gasteiger partial charge in [-0.3, -0.25) is 4.98 Å². The molecule has 0 spiro atoms. The number of rotatable bonds is 16. The van der Waals surface area contributed by atoms with Crippen LogP contribution in [0.3, 0.4) is 0 Å². The molecule has 1 aromatic carbocycles. The van der Waals surface area contributed by atoms with E-state index in [1.165, 1.54) is 25.0 Å². The van der Waals surface area contributed by atoms with E-state index >= 15 is 0 Å². The van der Waals surface area contributed by atoms with Gasteiger partial charge in [-0.05, 0) is 94.3 Å². The first kappa shape index (κ1) is 32.3. The van der Waals surface area contributed by atoms with Gasteiger partial charge in [0.2, 0.25) is 0 Å². The van der Waals surface area contributed by atoms with Crippen molar-refractivity contribution < 1.29 is 4.39 Å². The zero-order chi connectivity index (χ0) is 30.1. The van der Waals surface area contributed by atoms with Crippen LogP contribution in [0.4, 0.5) is 4.39 Å². The smallest absolute Gasteiger partial charge is 0.138 e. The Hall–Kier alpha value is -3.21. The summed E-state index contributed by atoms with van der Waals surface area (Å²) in [6.45, 7) is 22.7. The maximum absolute atomic E-state index is 13.7. The fourth-order valence-corrected chi connectivity index (χ4v) is 5.12. The summed E-state index contributed by atoms with van der Waals surface area (Å²) in [7, 11) is 2.11. The summed E-state index contributed by atoms with van der Waals surface area (Å²) in [6, 6.07) is 11.2. The molecule has 1 fully saturated rings. The lowest BCUT2D eigenvalue weighted by atomic mass is 9.90. The highest BCUT2D eigenvalue weighted by Crippen LogP contribution is 2.34. The third kappa shape index (κ3) is 9.41. The van der Waals surface area contributed by atoms with Gasteiger partial charge in [-0.25, -0.2) is 9.38 Å². The number of allylic oxidation sites excluding steroid dienone is 1. The topological polar surface area (TPSA) is 31.7 Å². The summed E-state index contributed by atoms with van der Waals surface area (Å²) < 4.78 is 13.7. The highest BCUT2D eigenvalue weighted by molar-refractivity contribution is 6.03. The van der Waals surface area contributed by atoms with Gasteiger partial charge in [0.15, 0.2) is 0 Å². The molecule has 0 N–H and O–H groups in total. The van der Waals surface area contributed by atoms with Gasteiger partial charge in [0.25, 0.3) is 0 Å². The third-order valence-corrected chi connectivity index (χ3v) is 8.07. The summed E-state index contributed by atoms with van der Waals surface area (Å²) in [5.41, 5.74) is 6.26. The number of benzene rings is 1. The minimum atomic E-state index is -0.218. The van der Waals surface area contributed by atoms with E-state index in [1.54, 1.807) is 0 Å². The summed E-state index contributed by atoms with van der Waals surface area (Å²) in [5.74, 6) is 2.14. The van der Waals surface area contributed by atoms with Crippen LogP contribution in [0.15, 0.2) is 84.0 Å². The van der Waals surface area contributed by atoms with Crippen LogP contribution in [0.25, 0.3) is 0 Å². The molecule has 2 aromatic rings. The van der Waals surface area contributed by atoms with Crippen LogP contribution in [0.5, 0.6) is 0 Å². The van der Waals surface area contributed by atoms with E-state index in [4.69, 9.17) is 9.98 Å². The lowest BCUT2D eigenvalue weighted by Gasteiger charge is -2.31. The molecule has 0 saturated heterocycles. The van der Waals surface area contributed by atoms with E-state index in [1.807, 2.05) is 30.6 Å². The number of likely N-dealkylation sites (N-methyl/N-ethyl adjacent to an activating group) is 1. The van der Waals surface area contributed by atoms with Gasteiger partial charge in [0.1, 0.15) is 11.6 Å². The first-order chi connectivity index (χ1) is 19.5. The molecule has 4 nitrogen and oxygen atoms in total. The second kappa shape index (κ2) is 15.1. The van der Waals surface area contributed by atoms with Crippen LogP contribution in [-0.2, 0) is 12.8 Å². The van der Waals surface area contributed by atoms with Crippen LogP contribution in [0.1, 0.15) is 84.0 Å². The number of halogens is 1. The molecular weight excluding hydrogens is 507 g/mol. The molecule has 0 amide bonds. The number of hydrogen-bond donors (Lipinski definition) is 0. The first-order valence-corrected chi connectivity index (χ1v) is 15.3. The van der Waals surface area contributed by atoms with Crippen molar-refractivity contribution in [2.75, 3.05) is 13.6 Å². The zero-order valence-electron chi connectivity index (χ0n) is 26.5. The molecule has 0 bridgehead atoms. The Morgan fingerprint density at radius 1 is 1.12 bits per heavy atom. The number of aryl methyl sites for hydroxylation is 1. The summed E-state index contributed by atoms with van der Waals surface area (Å²) in [6.07, 6.45) is 10.4. The van der Waals surface area contributed by atoms with Crippen molar-refractivity contribution in [1.82, 2.24) is 14.8 Å². The van der Waals surface area contributed by atoms with Gasteiger partial charge < -0.3 is 9.80 Å². The third-order valence-electron chi connectivity index (χ3n) is 8.07. The Morgan fingerprint density at radius 2 is 1.80 bits per heavy atom. The maximum Gasteiger partial charge on any atom is 0.138 e. The molecule has 5 heteroatoms. The molecule has 1 aliphatic rings. The SMILES string of the molecule is C=CN(C(/N=C(/c1cccnc1CCC1CC1)C(C)Cc1ccc(F)cc1)=C(/C)C(=C)N(C)CCC(C)C)C(C)C. The van der Waals surface area contributed by atoms with Gasteiger partial charge >= 0.3 is 0 Å². The molecular formula is C36H51FN4. The average Bonchev–Trinajstić information content (AvgIpc) is 3.78. The largest absolute Gasteiger partial charge is 0.375 e. The van der Waals surface area contributed by atoms with Gasteiger partial charge in [-0.1, -0.05) is 58.9 Å². The quantitative estimate of drug-likeness (QED) is 0.152. The number of pyridine rings is 1. The van der Waals surface area contributed by atoms with Crippen LogP contribution >= 0.6 is 0 Å². The van der Waals surface area contributed by atoms with Crippen LogP contribution < -0.4 is 0 Å². The predicted molar refractivity (Wildman–Crippen MR) is 172 cm³/mol. The highest BCUT2D eigenvalue weighted by atomic mass is 19.1. The van der Waals surface area contributed by atoms with E-state index in [2.05, 4.69) is 77.6 Å². The van der Waals surface area contributed by atoms with E-state index < -0.39 is 0 Å². The van der Waals surface area contributed by atoms with Crippen LogP contribution in [0, 0.1) is 23.6 Å². The average molecular weight is 559 g/mol. The Kier molecular flexibility index (Phi) is 11.9. The van der Waals surface area contributed by atoms with Crippen molar-refractivity contribution in [3.63, 3.8) is 0 Å². The first-order valence-electron chi connectivity index (χ1n) is 15.3. The van der Waals surface area contributed by atoms with Crippen LogP contribution in [-0.4, -0.2) is 40.1 Å². The predicted octanol–water partition coefficient (Wildman–Crippen LogP) is 8.81. The van der Waals surface area contributed by atoms with E-state index in [9.17, 15) is 4.39 Å². The van der Waals surface area contributed by atoms with Gasteiger partial charge in [-0.2, -0.15) is 0 Å². The standard InChI is InChI=1S/C36H51FN4/c1-10-41(26(4)5)36(28(7)29(8)40(9)23-21-25(2)3)39-35(27(6)24-31-15-18-32(37)19-16-31)33-12-11-22-38-34(33)20-17-30-13-14-30/h10-12,15-16,18-19,22,25-27,30H,1,8,13-14,17,20-21,23-24H2,2-7,9H3/b36-28-,39-35+. The molecule has 1 unspecified atom stereocenters. The van der Waals surface area contributed by atoms with Gasteiger partial charge in [0, 0.05) is 54.3 Å². The lowest BCUT2D eigenvalue weighted by molar-refractivity contribution is 0.362. The van der Waals surface area contributed by atoms with E-state index in [0.29, 0.717) is 5.92 Å². The van der Waals surface area contributed by atoms with Crippen molar-refractivity contribution >= 4 is 5.71 Å². The minimum Gasteiger partial charge on any atom is -0.375 e. The fourth-order valence-electron chi connectivity index (χ4n) is 5.12. The number of aromatic nitrogens is 1. The van der Waals surface area contributed by atoms with Crippen molar-refractivity contribution in [3.05, 3.63) is 102 Å². The van der Waals surface area contributed by atoms with Crippen molar-refractivity contribution in [2.45, 2.75) is 86.1 Å². The molecule has 0 aliphatic heterocycles. The van der Waals surface area contributed by atoms with E-state index in [-0.39, 0.29) is 17.8 Å². The Bertz CT molecular complexity index is 1220. The zero-order valence-corrected chi connectivity index (χ0v) is 26.5. The number of hydrogen-bond acceptors (Lipinski definition) is 4. The van der Waals surface area contributed by atoms with Crippen molar-refractivity contribution in [3.8, 4) is 0 Å². The van der Waals surface area contributed by atoms with Crippen molar-refractivity contribution in [1.29, 1.82) is 0 Å². The normalized spacial score (nSPS) is 15.1. The second-order valence-electron chi connectivity index (χ2n) is 12.4. The highest BCUT2D eigenvalue weighted by Gasteiger charge is 2.25. The Balaban J connectivity index is 2.15. The Labute approximate surface area is 248 Å². The lowest BCUT2D eigenvalue weighted by Crippen LogP contribution is -2.29. The van der Waals surface area contributed by atoms with Crippen molar-refractivity contribution in [2.24, 2.45) is 22.7 Å². The minimum absolute atomic E-state index is 0.0675. The molecule has 1 aliphatic carbocycles. The summed E-state index contributed by atoms with van der Waals surface area (Å²) >= 11 is 0.